The van der Waals surface area contributed by atoms with Gasteiger partial charge >= 0.3 is 0 Å². The molecule has 0 fully saturated rings. The summed E-state index contributed by atoms with van der Waals surface area (Å²) in [6.45, 7) is 0. The molecule has 0 aliphatic heterocycles. The van der Waals surface area contributed by atoms with Gasteiger partial charge in [0, 0.05) is 14.1 Å². The molecule has 0 unspecified atom stereocenters. The van der Waals surface area contributed by atoms with Gasteiger partial charge in [-0.05, 0) is 12.1 Å². The molecule has 1 aromatic carbocycles. The first-order valence-electron chi connectivity index (χ1n) is 4.37. The van der Waals surface area contributed by atoms with Crippen LogP contribution in [0.15, 0.2) is 24.3 Å². The average molecular weight is 189 g/mol. The molecular formula is C10H11N3O. The number of aromatic nitrogens is 2. The van der Waals surface area contributed by atoms with Crippen LogP contribution in [0, 0.1) is 0 Å². The van der Waals surface area contributed by atoms with Crippen molar-refractivity contribution >= 4 is 16.9 Å². The van der Waals surface area contributed by atoms with Crippen LogP contribution in [0.3, 0.4) is 0 Å². The van der Waals surface area contributed by atoms with Crippen molar-refractivity contribution in [1.29, 1.82) is 0 Å². The second kappa shape index (κ2) is 3.14. The van der Waals surface area contributed by atoms with E-state index in [4.69, 9.17) is 0 Å². The Kier molecular flexibility index (Phi) is 1.96. The molecule has 1 N–H and O–H groups in total. The van der Waals surface area contributed by atoms with Crippen molar-refractivity contribution in [2.75, 3.05) is 7.05 Å². The summed E-state index contributed by atoms with van der Waals surface area (Å²) in [5, 5.41) is 2.56. The molecule has 0 aliphatic rings. The molecule has 2 rings (SSSR count). The minimum atomic E-state index is -0.163. The van der Waals surface area contributed by atoms with E-state index in [0.717, 1.165) is 11.0 Å². The van der Waals surface area contributed by atoms with E-state index in [1.807, 2.05) is 31.3 Å². The molecule has 0 spiro atoms. The number of rotatable bonds is 1. The van der Waals surface area contributed by atoms with Crippen LogP contribution in [-0.4, -0.2) is 22.5 Å². The number of nitrogens with one attached hydrogen (secondary N) is 1. The lowest BCUT2D eigenvalue weighted by molar-refractivity contribution is 0.0950. The molecule has 2 aromatic rings. The summed E-state index contributed by atoms with van der Waals surface area (Å²) >= 11 is 0. The summed E-state index contributed by atoms with van der Waals surface area (Å²) in [5.74, 6) is 0.275. The fourth-order valence-corrected chi connectivity index (χ4v) is 1.46. The summed E-state index contributed by atoms with van der Waals surface area (Å²) < 4.78 is 1.79. The van der Waals surface area contributed by atoms with Crippen LogP contribution in [0.1, 0.15) is 10.6 Å². The van der Waals surface area contributed by atoms with Crippen molar-refractivity contribution in [1.82, 2.24) is 14.9 Å². The quantitative estimate of drug-likeness (QED) is 0.725. The predicted octanol–water partition coefficient (Wildman–Crippen LogP) is 0.933. The number of carbonyl (C=O) groups is 1. The van der Waals surface area contributed by atoms with E-state index >= 15 is 0 Å². The van der Waals surface area contributed by atoms with Gasteiger partial charge in [-0.1, -0.05) is 12.1 Å². The number of aryl methyl sites for hydroxylation is 1. The van der Waals surface area contributed by atoms with Gasteiger partial charge in [-0.15, -0.1) is 0 Å². The molecule has 1 heterocycles. The molecule has 0 aliphatic carbocycles. The highest BCUT2D eigenvalue weighted by Gasteiger charge is 2.12. The fourth-order valence-electron chi connectivity index (χ4n) is 1.46. The van der Waals surface area contributed by atoms with Crippen LogP contribution in [0.25, 0.3) is 11.0 Å². The Labute approximate surface area is 81.6 Å². The molecule has 4 nitrogen and oxygen atoms in total. The highest BCUT2D eigenvalue weighted by Crippen LogP contribution is 2.13. The van der Waals surface area contributed by atoms with Gasteiger partial charge in [0.25, 0.3) is 5.91 Å². The number of imidazole rings is 1. The van der Waals surface area contributed by atoms with E-state index in [1.165, 1.54) is 0 Å². The van der Waals surface area contributed by atoms with E-state index in [9.17, 15) is 4.79 Å². The van der Waals surface area contributed by atoms with Gasteiger partial charge < -0.3 is 9.88 Å². The Bertz CT molecular complexity index is 487. The van der Waals surface area contributed by atoms with Crippen molar-refractivity contribution in [3.8, 4) is 0 Å². The summed E-state index contributed by atoms with van der Waals surface area (Å²) in [6.07, 6.45) is 0. The summed E-state index contributed by atoms with van der Waals surface area (Å²) in [6, 6.07) is 7.66. The highest BCUT2D eigenvalue weighted by molar-refractivity contribution is 5.94. The molecule has 4 heteroatoms. The Morgan fingerprint density at radius 1 is 1.43 bits per heavy atom. The second-order valence-electron chi connectivity index (χ2n) is 3.06. The molecule has 0 saturated heterocycles. The minimum Gasteiger partial charge on any atom is -0.352 e. The molecule has 0 radical (unpaired) electrons. The first kappa shape index (κ1) is 8.74. The van der Waals surface area contributed by atoms with Gasteiger partial charge in [-0.3, -0.25) is 4.79 Å². The molecule has 72 valence electrons. The third-order valence-corrected chi connectivity index (χ3v) is 2.22. The number of carbonyl (C=O) groups excluding carboxylic acids is 1. The van der Waals surface area contributed by atoms with Crippen molar-refractivity contribution in [3.05, 3.63) is 30.1 Å². The summed E-state index contributed by atoms with van der Waals surface area (Å²) in [5.41, 5.74) is 1.81. The van der Waals surface area contributed by atoms with Crippen molar-refractivity contribution in [2.24, 2.45) is 7.05 Å². The van der Waals surface area contributed by atoms with Crippen LogP contribution < -0.4 is 5.32 Å². The Balaban J connectivity index is 2.68. The number of fused-ring (bicyclic) bond motifs is 1. The van der Waals surface area contributed by atoms with Crippen LogP contribution in [0.4, 0.5) is 0 Å². The van der Waals surface area contributed by atoms with Crippen molar-refractivity contribution in [3.63, 3.8) is 0 Å². The number of amides is 1. The number of benzene rings is 1. The summed E-state index contributed by atoms with van der Waals surface area (Å²) in [4.78, 5) is 15.6. The number of para-hydroxylation sites is 2. The standard InChI is InChI=1S/C10H11N3O/c1-11-10(14)9-12-7-5-3-4-6-8(7)13(9)2/h3-6H,1-2H3,(H,11,14). The van der Waals surface area contributed by atoms with Crippen LogP contribution in [-0.2, 0) is 7.05 Å². The predicted molar refractivity (Wildman–Crippen MR) is 54.1 cm³/mol. The van der Waals surface area contributed by atoms with E-state index in [2.05, 4.69) is 10.3 Å². The normalized spacial score (nSPS) is 10.4. The van der Waals surface area contributed by atoms with E-state index < -0.39 is 0 Å². The Morgan fingerprint density at radius 3 is 2.79 bits per heavy atom. The second-order valence-corrected chi connectivity index (χ2v) is 3.06. The van der Waals surface area contributed by atoms with E-state index in [0.29, 0.717) is 5.82 Å². The van der Waals surface area contributed by atoms with Gasteiger partial charge in [0.2, 0.25) is 0 Å². The highest BCUT2D eigenvalue weighted by atomic mass is 16.2. The largest absolute Gasteiger partial charge is 0.352 e. The zero-order valence-electron chi connectivity index (χ0n) is 8.11. The lowest BCUT2D eigenvalue weighted by Gasteiger charge is -1.99. The minimum absolute atomic E-state index is 0.163. The van der Waals surface area contributed by atoms with E-state index in [-0.39, 0.29) is 5.91 Å². The fraction of sp³-hybridized carbons (Fsp3) is 0.200. The van der Waals surface area contributed by atoms with Crippen LogP contribution in [0.5, 0.6) is 0 Å². The summed E-state index contributed by atoms with van der Waals surface area (Å²) in [7, 11) is 3.43. The molecule has 0 bridgehead atoms. The lowest BCUT2D eigenvalue weighted by Crippen LogP contribution is -2.21. The zero-order valence-corrected chi connectivity index (χ0v) is 8.11. The third-order valence-electron chi connectivity index (χ3n) is 2.22. The zero-order chi connectivity index (χ0) is 10.1. The topological polar surface area (TPSA) is 46.9 Å². The van der Waals surface area contributed by atoms with Gasteiger partial charge in [-0.2, -0.15) is 0 Å². The smallest absolute Gasteiger partial charge is 0.287 e. The van der Waals surface area contributed by atoms with E-state index in [1.54, 1.807) is 11.6 Å². The first-order chi connectivity index (χ1) is 6.74. The van der Waals surface area contributed by atoms with Gasteiger partial charge in [-0.25, -0.2) is 4.98 Å². The molecule has 14 heavy (non-hydrogen) atoms. The maximum absolute atomic E-state index is 11.4. The van der Waals surface area contributed by atoms with Crippen molar-refractivity contribution in [2.45, 2.75) is 0 Å². The van der Waals surface area contributed by atoms with Gasteiger partial charge in [0.15, 0.2) is 5.82 Å². The lowest BCUT2D eigenvalue weighted by atomic mass is 10.3. The Morgan fingerprint density at radius 2 is 2.14 bits per heavy atom. The monoisotopic (exact) mass is 189 g/mol. The number of hydrogen-bond donors (Lipinski definition) is 1. The number of nitrogens with zero attached hydrogens (tertiary/aromatic N) is 2. The van der Waals surface area contributed by atoms with Gasteiger partial charge in [0.1, 0.15) is 0 Å². The molecule has 1 aromatic heterocycles. The maximum Gasteiger partial charge on any atom is 0.287 e. The average Bonchev–Trinajstić information content (AvgIpc) is 2.56. The third kappa shape index (κ3) is 1.16. The SMILES string of the molecule is CNC(=O)c1nc2ccccc2n1C. The van der Waals surface area contributed by atoms with Crippen molar-refractivity contribution < 1.29 is 4.79 Å². The molecular weight excluding hydrogens is 178 g/mol. The Hall–Kier alpha value is -1.84. The maximum atomic E-state index is 11.4. The van der Waals surface area contributed by atoms with Crippen LogP contribution >= 0.6 is 0 Å². The molecule has 1 amide bonds. The van der Waals surface area contributed by atoms with Crippen LogP contribution in [0.2, 0.25) is 0 Å². The number of hydrogen-bond acceptors (Lipinski definition) is 2. The van der Waals surface area contributed by atoms with Gasteiger partial charge in [0.05, 0.1) is 11.0 Å². The molecule has 0 atom stereocenters. The first-order valence-corrected chi connectivity index (χ1v) is 4.37. The molecule has 0 saturated carbocycles.